The van der Waals surface area contributed by atoms with Crippen LogP contribution >= 0.6 is 0 Å². The zero-order chi connectivity index (χ0) is 17.7. The molecule has 1 heterocycles. The lowest BCUT2D eigenvalue weighted by Gasteiger charge is -2.20. The molecule has 7 nitrogen and oxygen atoms in total. The molecule has 0 saturated heterocycles. The van der Waals surface area contributed by atoms with Gasteiger partial charge >= 0.3 is 0 Å². The van der Waals surface area contributed by atoms with Gasteiger partial charge in [0.2, 0.25) is 11.5 Å². The van der Waals surface area contributed by atoms with Gasteiger partial charge in [0.1, 0.15) is 5.75 Å². The molecule has 1 aliphatic heterocycles. The number of hydrogen-bond donors (Lipinski definition) is 2. The Morgan fingerprint density at radius 2 is 2.08 bits per heavy atom. The molecule has 0 radical (unpaired) electrons. The molecular formula is C17H23N3O4. The van der Waals surface area contributed by atoms with Crippen LogP contribution in [0.3, 0.4) is 0 Å². The highest BCUT2D eigenvalue weighted by Gasteiger charge is 2.42. The second-order valence-electron chi connectivity index (χ2n) is 6.14. The van der Waals surface area contributed by atoms with Crippen LogP contribution in [0.1, 0.15) is 32.8 Å². The highest BCUT2D eigenvalue weighted by Crippen LogP contribution is 2.30. The fourth-order valence-electron chi connectivity index (χ4n) is 2.41. The number of ether oxygens (including phenoxy) is 1. The molecule has 2 amide bonds. The fraction of sp³-hybridized carbons (Fsp3) is 0.471. The van der Waals surface area contributed by atoms with Crippen molar-refractivity contribution in [3.63, 3.8) is 0 Å². The molecule has 0 aliphatic carbocycles. The number of oxime groups is 1. The Balaban J connectivity index is 1.99. The number of methoxy groups -OCH3 is 1. The molecule has 0 bridgehead atoms. The number of para-hydroxylation sites is 1. The van der Waals surface area contributed by atoms with Gasteiger partial charge in [-0.25, -0.2) is 0 Å². The average molecular weight is 333 g/mol. The van der Waals surface area contributed by atoms with E-state index >= 15 is 0 Å². The van der Waals surface area contributed by atoms with E-state index in [-0.39, 0.29) is 24.4 Å². The third-order valence-electron chi connectivity index (χ3n) is 3.62. The molecule has 24 heavy (non-hydrogen) atoms. The van der Waals surface area contributed by atoms with Crippen molar-refractivity contribution >= 4 is 17.5 Å². The van der Waals surface area contributed by atoms with Crippen LogP contribution in [-0.2, 0) is 14.4 Å². The van der Waals surface area contributed by atoms with Gasteiger partial charge in [-0.1, -0.05) is 17.3 Å². The lowest BCUT2D eigenvalue weighted by atomic mass is 9.94. The van der Waals surface area contributed by atoms with Crippen LogP contribution in [0.5, 0.6) is 5.75 Å². The normalized spacial score (nSPS) is 19.5. The molecule has 0 unspecified atom stereocenters. The van der Waals surface area contributed by atoms with Crippen LogP contribution in [0, 0.1) is 0 Å². The molecule has 2 N–H and O–H groups in total. The van der Waals surface area contributed by atoms with Gasteiger partial charge in [-0.15, -0.1) is 0 Å². The van der Waals surface area contributed by atoms with Crippen molar-refractivity contribution in [2.24, 2.45) is 5.16 Å². The predicted octanol–water partition coefficient (Wildman–Crippen LogP) is 1.22. The monoisotopic (exact) mass is 333 g/mol. The molecule has 0 spiro atoms. The van der Waals surface area contributed by atoms with Crippen LogP contribution in [0.25, 0.3) is 0 Å². The Morgan fingerprint density at radius 3 is 2.75 bits per heavy atom. The van der Waals surface area contributed by atoms with Gasteiger partial charge in [0.15, 0.2) is 0 Å². The Morgan fingerprint density at radius 1 is 1.38 bits per heavy atom. The maximum atomic E-state index is 12.4. The Bertz CT molecular complexity index is 657. The number of carbonyl (C=O) groups is 2. The summed E-state index contributed by atoms with van der Waals surface area (Å²) in [6.07, 6.45) is 0.297. The predicted molar refractivity (Wildman–Crippen MR) is 89.9 cm³/mol. The van der Waals surface area contributed by atoms with Crippen molar-refractivity contribution < 1.29 is 19.2 Å². The quantitative estimate of drug-likeness (QED) is 0.819. The summed E-state index contributed by atoms with van der Waals surface area (Å²) in [6, 6.07) is 7.43. The molecule has 0 aromatic heterocycles. The molecule has 2 rings (SSSR count). The number of nitrogens with one attached hydrogen (secondary N) is 2. The van der Waals surface area contributed by atoms with E-state index in [1.54, 1.807) is 14.0 Å². The van der Waals surface area contributed by atoms with Gasteiger partial charge in [0.05, 0.1) is 19.4 Å². The maximum Gasteiger partial charge on any atom is 0.267 e. The van der Waals surface area contributed by atoms with E-state index in [0.29, 0.717) is 17.9 Å². The third-order valence-corrected chi connectivity index (χ3v) is 3.62. The summed E-state index contributed by atoms with van der Waals surface area (Å²) in [5.74, 6) is 0.0432. The lowest BCUT2D eigenvalue weighted by Crippen LogP contribution is -2.48. The first-order valence-corrected chi connectivity index (χ1v) is 7.82. The first kappa shape index (κ1) is 17.8. The standard InChI is InChI=1S/C17H23N3O4/c1-11(2)19-15(21)10-18-16(22)17(3)9-13(20-24-17)12-7-5-6-8-14(12)23-4/h5-8,11H,9-10H2,1-4H3,(H,18,22)(H,19,21)/t17-/m1/s1. The summed E-state index contributed by atoms with van der Waals surface area (Å²) >= 11 is 0. The van der Waals surface area contributed by atoms with Crippen LogP contribution in [0.2, 0.25) is 0 Å². The lowest BCUT2D eigenvalue weighted by molar-refractivity contribution is -0.142. The molecule has 1 atom stereocenters. The average Bonchev–Trinajstić information content (AvgIpc) is 2.95. The summed E-state index contributed by atoms with van der Waals surface area (Å²) in [6.45, 7) is 5.26. The molecule has 7 heteroatoms. The van der Waals surface area contributed by atoms with E-state index < -0.39 is 5.60 Å². The van der Waals surface area contributed by atoms with Crippen molar-refractivity contribution in [2.75, 3.05) is 13.7 Å². The SMILES string of the molecule is COc1ccccc1C1=NO[C@@](C)(C(=O)NCC(=O)NC(C)C)C1. The van der Waals surface area contributed by atoms with Gasteiger partial charge in [0, 0.05) is 18.0 Å². The van der Waals surface area contributed by atoms with E-state index in [4.69, 9.17) is 9.57 Å². The number of nitrogens with zero attached hydrogens (tertiary/aromatic N) is 1. The number of carbonyl (C=O) groups excluding carboxylic acids is 2. The van der Waals surface area contributed by atoms with E-state index in [9.17, 15) is 9.59 Å². The third kappa shape index (κ3) is 4.04. The van der Waals surface area contributed by atoms with Crippen LogP contribution in [0.4, 0.5) is 0 Å². The van der Waals surface area contributed by atoms with Crippen LogP contribution in [0.15, 0.2) is 29.4 Å². The minimum atomic E-state index is -1.14. The highest BCUT2D eigenvalue weighted by molar-refractivity contribution is 6.07. The van der Waals surface area contributed by atoms with Crippen molar-refractivity contribution in [1.82, 2.24) is 10.6 Å². The second kappa shape index (κ2) is 7.33. The second-order valence-corrected chi connectivity index (χ2v) is 6.14. The van der Waals surface area contributed by atoms with E-state index in [2.05, 4.69) is 15.8 Å². The molecule has 0 saturated carbocycles. The number of hydrogen-bond acceptors (Lipinski definition) is 5. The first-order chi connectivity index (χ1) is 11.4. The van der Waals surface area contributed by atoms with E-state index in [1.807, 2.05) is 38.1 Å². The summed E-state index contributed by atoms with van der Waals surface area (Å²) in [4.78, 5) is 29.4. The van der Waals surface area contributed by atoms with Crippen molar-refractivity contribution in [1.29, 1.82) is 0 Å². The molecule has 0 fully saturated rings. The Hall–Kier alpha value is -2.57. The molecule has 130 valence electrons. The summed E-state index contributed by atoms with van der Waals surface area (Å²) in [5.41, 5.74) is 0.277. The van der Waals surface area contributed by atoms with Crippen molar-refractivity contribution in [2.45, 2.75) is 38.8 Å². The zero-order valence-electron chi connectivity index (χ0n) is 14.4. The van der Waals surface area contributed by atoms with Gasteiger partial charge in [-0.2, -0.15) is 0 Å². The Labute approximate surface area is 141 Å². The summed E-state index contributed by atoms with van der Waals surface area (Å²) in [7, 11) is 1.58. The highest BCUT2D eigenvalue weighted by atomic mass is 16.7. The minimum absolute atomic E-state index is 0.0215. The number of amides is 2. The van der Waals surface area contributed by atoms with E-state index in [1.165, 1.54) is 0 Å². The largest absolute Gasteiger partial charge is 0.496 e. The maximum absolute atomic E-state index is 12.4. The molecule has 1 aromatic carbocycles. The fourth-order valence-corrected chi connectivity index (χ4v) is 2.41. The Kier molecular flexibility index (Phi) is 5.43. The molecule has 1 aliphatic rings. The van der Waals surface area contributed by atoms with Gasteiger partial charge in [-0.05, 0) is 32.9 Å². The van der Waals surface area contributed by atoms with Crippen molar-refractivity contribution in [3.8, 4) is 5.75 Å². The topological polar surface area (TPSA) is 89.0 Å². The van der Waals surface area contributed by atoms with Crippen molar-refractivity contribution in [3.05, 3.63) is 29.8 Å². The van der Waals surface area contributed by atoms with Crippen LogP contribution < -0.4 is 15.4 Å². The first-order valence-electron chi connectivity index (χ1n) is 7.82. The van der Waals surface area contributed by atoms with Crippen LogP contribution in [-0.4, -0.2) is 42.8 Å². The number of rotatable bonds is 6. The van der Waals surface area contributed by atoms with E-state index in [0.717, 1.165) is 5.56 Å². The minimum Gasteiger partial charge on any atom is -0.496 e. The molecule has 1 aromatic rings. The number of benzene rings is 1. The smallest absolute Gasteiger partial charge is 0.267 e. The van der Waals surface area contributed by atoms with Gasteiger partial charge < -0.3 is 20.2 Å². The van der Waals surface area contributed by atoms with Gasteiger partial charge in [0.25, 0.3) is 5.91 Å². The van der Waals surface area contributed by atoms with Gasteiger partial charge in [-0.3, -0.25) is 9.59 Å². The molecular weight excluding hydrogens is 310 g/mol. The summed E-state index contributed by atoms with van der Waals surface area (Å²) in [5, 5.41) is 9.34. The zero-order valence-corrected chi connectivity index (χ0v) is 14.4. The summed E-state index contributed by atoms with van der Waals surface area (Å²) < 4.78 is 5.31.